The number of carboxylic acids is 1. The van der Waals surface area contributed by atoms with Gasteiger partial charge in [0.15, 0.2) is 5.43 Å². The van der Waals surface area contributed by atoms with Crippen molar-refractivity contribution in [1.82, 2.24) is 4.57 Å². The molecule has 144 valence electrons. The highest BCUT2D eigenvalue weighted by Crippen LogP contribution is 2.27. The first kappa shape index (κ1) is 19.1. The van der Waals surface area contributed by atoms with Crippen molar-refractivity contribution in [2.24, 2.45) is 0 Å². The molecule has 5 nitrogen and oxygen atoms in total. The van der Waals surface area contributed by atoms with Gasteiger partial charge in [-0.1, -0.05) is 19.3 Å². The van der Waals surface area contributed by atoms with Crippen LogP contribution < -0.4 is 10.7 Å². The van der Waals surface area contributed by atoms with Crippen molar-refractivity contribution in [3.05, 3.63) is 46.0 Å². The summed E-state index contributed by atoms with van der Waals surface area (Å²) < 4.78 is 16.6. The zero-order valence-electron chi connectivity index (χ0n) is 15.7. The molecule has 0 radical (unpaired) electrons. The Bertz CT molecular complexity index is 941. The lowest BCUT2D eigenvalue weighted by Gasteiger charge is -2.25. The van der Waals surface area contributed by atoms with E-state index in [0.717, 1.165) is 31.8 Å². The van der Waals surface area contributed by atoms with Gasteiger partial charge >= 0.3 is 5.97 Å². The van der Waals surface area contributed by atoms with E-state index in [4.69, 9.17) is 5.11 Å². The van der Waals surface area contributed by atoms with E-state index < -0.39 is 11.8 Å². The van der Waals surface area contributed by atoms with Gasteiger partial charge in [-0.05, 0) is 44.9 Å². The highest BCUT2D eigenvalue weighted by atomic mass is 19.1. The third-order valence-corrected chi connectivity index (χ3v) is 5.08. The summed E-state index contributed by atoms with van der Waals surface area (Å²) >= 11 is 0. The lowest BCUT2D eigenvalue weighted by Crippen LogP contribution is -2.23. The zero-order valence-corrected chi connectivity index (χ0v) is 15.7. The van der Waals surface area contributed by atoms with Gasteiger partial charge < -0.3 is 15.0 Å². The van der Waals surface area contributed by atoms with E-state index in [-0.39, 0.29) is 28.5 Å². The van der Waals surface area contributed by atoms with Crippen LogP contribution in [0.4, 0.5) is 10.1 Å². The number of aromatic nitrogens is 1. The van der Waals surface area contributed by atoms with Crippen LogP contribution in [0.25, 0.3) is 17.0 Å². The molecule has 0 atom stereocenters. The van der Waals surface area contributed by atoms with Crippen LogP contribution in [-0.2, 0) is 4.79 Å². The van der Waals surface area contributed by atoms with Crippen LogP contribution in [0.1, 0.15) is 57.6 Å². The van der Waals surface area contributed by atoms with Crippen LogP contribution in [0, 0.1) is 5.82 Å². The van der Waals surface area contributed by atoms with Gasteiger partial charge in [0, 0.05) is 35.3 Å². The summed E-state index contributed by atoms with van der Waals surface area (Å²) in [6.45, 7) is 3.93. The molecule has 3 rings (SSSR count). The summed E-state index contributed by atoms with van der Waals surface area (Å²) in [5.74, 6) is -1.59. The van der Waals surface area contributed by atoms with Crippen molar-refractivity contribution >= 4 is 28.6 Å². The molecule has 2 aromatic rings. The number of benzene rings is 1. The van der Waals surface area contributed by atoms with Gasteiger partial charge in [0.05, 0.1) is 11.2 Å². The highest BCUT2D eigenvalue weighted by molar-refractivity contribution is 5.88. The molecule has 0 saturated heterocycles. The Hall–Kier alpha value is -2.63. The predicted octanol–water partition coefficient (Wildman–Crippen LogP) is 4.56. The molecule has 0 spiro atoms. The molecule has 1 aliphatic rings. The molecule has 1 aromatic heterocycles. The van der Waals surface area contributed by atoms with E-state index in [1.165, 1.54) is 18.6 Å². The SMILES string of the molecule is CC(C)n1cc(/C=C/C(=O)O)c(=O)c2cc(F)c(NC3CCCCC3)cc21. The maximum absolute atomic E-state index is 14.7. The summed E-state index contributed by atoms with van der Waals surface area (Å²) in [6.07, 6.45) is 9.36. The van der Waals surface area contributed by atoms with Crippen LogP contribution in [0.3, 0.4) is 0 Å². The van der Waals surface area contributed by atoms with E-state index in [1.807, 2.05) is 18.4 Å². The van der Waals surface area contributed by atoms with Crippen LogP contribution in [0.2, 0.25) is 0 Å². The number of carboxylic acid groups (broad SMARTS) is 1. The standard InChI is InChI=1S/C21H25FN2O3/c1-13(2)24-12-14(8-9-20(25)26)21(27)16-10-17(22)18(11-19(16)24)23-15-6-4-3-5-7-15/h8-13,15,23H,3-7H2,1-2H3,(H,25,26)/b9-8+. The molecule has 1 saturated carbocycles. The van der Waals surface area contributed by atoms with Crippen LogP contribution in [-0.4, -0.2) is 21.7 Å². The minimum Gasteiger partial charge on any atom is -0.478 e. The predicted molar refractivity (Wildman–Crippen MR) is 106 cm³/mol. The van der Waals surface area contributed by atoms with E-state index in [9.17, 15) is 14.0 Å². The number of halogens is 1. The Labute approximate surface area is 157 Å². The van der Waals surface area contributed by atoms with E-state index in [0.29, 0.717) is 11.2 Å². The van der Waals surface area contributed by atoms with Crippen molar-refractivity contribution < 1.29 is 14.3 Å². The van der Waals surface area contributed by atoms with E-state index >= 15 is 0 Å². The monoisotopic (exact) mass is 372 g/mol. The second-order valence-electron chi connectivity index (χ2n) is 7.41. The van der Waals surface area contributed by atoms with Gasteiger partial charge in [0.1, 0.15) is 5.82 Å². The van der Waals surface area contributed by atoms with Gasteiger partial charge in [-0.2, -0.15) is 0 Å². The average Bonchev–Trinajstić information content (AvgIpc) is 2.63. The van der Waals surface area contributed by atoms with Crippen LogP contribution in [0.15, 0.2) is 29.2 Å². The van der Waals surface area contributed by atoms with Gasteiger partial charge in [-0.15, -0.1) is 0 Å². The van der Waals surface area contributed by atoms with Crippen molar-refractivity contribution in [2.45, 2.75) is 58.0 Å². The fourth-order valence-electron chi connectivity index (χ4n) is 3.68. The molecule has 6 heteroatoms. The first-order valence-corrected chi connectivity index (χ1v) is 9.42. The van der Waals surface area contributed by atoms with Crippen molar-refractivity contribution in [3.8, 4) is 0 Å². The molecule has 0 amide bonds. The number of anilines is 1. The fraction of sp³-hybridized carbons (Fsp3) is 0.429. The Morgan fingerprint density at radius 3 is 2.63 bits per heavy atom. The van der Waals surface area contributed by atoms with Crippen LogP contribution >= 0.6 is 0 Å². The molecule has 1 aliphatic carbocycles. The van der Waals surface area contributed by atoms with Crippen molar-refractivity contribution in [1.29, 1.82) is 0 Å². The smallest absolute Gasteiger partial charge is 0.328 e. The highest BCUT2D eigenvalue weighted by Gasteiger charge is 2.18. The van der Waals surface area contributed by atoms with Gasteiger partial charge in [0.2, 0.25) is 0 Å². The second kappa shape index (κ2) is 7.94. The third-order valence-electron chi connectivity index (χ3n) is 5.08. The van der Waals surface area contributed by atoms with Gasteiger partial charge in [0.25, 0.3) is 0 Å². The number of aliphatic carboxylic acids is 1. The topological polar surface area (TPSA) is 71.3 Å². The third kappa shape index (κ3) is 4.21. The summed E-state index contributed by atoms with van der Waals surface area (Å²) in [7, 11) is 0. The Kier molecular flexibility index (Phi) is 5.63. The number of rotatable bonds is 5. The van der Waals surface area contributed by atoms with Crippen molar-refractivity contribution in [2.75, 3.05) is 5.32 Å². The Balaban J connectivity index is 2.11. The number of carbonyl (C=O) groups is 1. The first-order valence-electron chi connectivity index (χ1n) is 9.42. The van der Waals surface area contributed by atoms with Crippen molar-refractivity contribution in [3.63, 3.8) is 0 Å². The number of hydrogen-bond donors (Lipinski definition) is 2. The molecule has 1 aromatic carbocycles. The summed E-state index contributed by atoms with van der Waals surface area (Å²) in [5, 5.41) is 12.4. The molecule has 0 aliphatic heterocycles. The number of fused-ring (bicyclic) bond motifs is 1. The normalized spacial score (nSPS) is 15.7. The summed E-state index contributed by atoms with van der Waals surface area (Å²) in [4.78, 5) is 23.5. The lowest BCUT2D eigenvalue weighted by atomic mass is 9.95. The Morgan fingerprint density at radius 1 is 1.30 bits per heavy atom. The minimum atomic E-state index is -1.14. The first-order chi connectivity index (χ1) is 12.9. The fourth-order valence-corrected chi connectivity index (χ4v) is 3.68. The molecule has 1 heterocycles. The number of nitrogens with one attached hydrogen (secondary N) is 1. The molecule has 27 heavy (non-hydrogen) atoms. The molecule has 1 fully saturated rings. The number of nitrogens with zero attached hydrogens (tertiary/aromatic N) is 1. The summed E-state index contributed by atoms with van der Waals surface area (Å²) in [6, 6.07) is 3.24. The Morgan fingerprint density at radius 2 is 2.00 bits per heavy atom. The lowest BCUT2D eigenvalue weighted by molar-refractivity contribution is -0.131. The minimum absolute atomic E-state index is 0.0260. The maximum Gasteiger partial charge on any atom is 0.328 e. The summed E-state index contributed by atoms with van der Waals surface area (Å²) in [5.41, 5.74) is 0.910. The zero-order chi connectivity index (χ0) is 19.6. The molecule has 2 N–H and O–H groups in total. The number of hydrogen-bond acceptors (Lipinski definition) is 3. The average molecular weight is 372 g/mol. The van der Waals surface area contributed by atoms with Gasteiger partial charge in [-0.3, -0.25) is 4.79 Å². The molecular weight excluding hydrogens is 347 g/mol. The quantitative estimate of drug-likeness (QED) is 0.755. The molecular formula is C21H25FN2O3. The largest absolute Gasteiger partial charge is 0.478 e. The van der Waals surface area contributed by atoms with E-state index in [2.05, 4.69) is 5.32 Å². The molecule has 0 unspecified atom stereocenters. The van der Waals surface area contributed by atoms with Crippen LogP contribution in [0.5, 0.6) is 0 Å². The second-order valence-corrected chi connectivity index (χ2v) is 7.41. The number of pyridine rings is 1. The maximum atomic E-state index is 14.7. The van der Waals surface area contributed by atoms with Gasteiger partial charge in [-0.25, -0.2) is 9.18 Å². The van der Waals surface area contributed by atoms with E-state index in [1.54, 1.807) is 12.3 Å². The molecule has 0 bridgehead atoms.